The van der Waals surface area contributed by atoms with E-state index < -0.39 is 18.0 Å². The first kappa shape index (κ1) is 9.16. The van der Waals surface area contributed by atoms with Crippen LogP contribution in [0, 0.1) is 5.82 Å². The number of aliphatic hydroxyl groups excluding tert-OH is 1. The van der Waals surface area contributed by atoms with Crippen LogP contribution in [-0.4, -0.2) is 11.1 Å². The van der Waals surface area contributed by atoms with Crippen molar-refractivity contribution in [1.82, 2.24) is 0 Å². The van der Waals surface area contributed by atoms with E-state index in [9.17, 15) is 9.50 Å². The van der Waals surface area contributed by atoms with Crippen LogP contribution in [0.3, 0.4) is 0 Å². The third-order valence-corrected chi connectivity index (χ3v) is 1.72. The lowest BCUT2D eigenvalue weighted by Gasteiger charge is -2.14. The van der Waals surface area contributed by atoms with Crippen molar-refractivity contribution in [2.24, 2.45) is 5.73 Å². The molecule has 2 nitrogen and oxygen atoms in total. The Labute approximate surface area is 70.8 Å². The van der Waals surface area contributed by atoms with E-state index in [1.165, 1.54) is 12.1 Å². The number of rotatable bonds is 2. The summed E-state index contributed by atoms with van der Waals surface area (Å²) in [6.07, 6.45) is -0.925. The Morgan fingerprint density at radius 1 is 1.42 bits per heavy atom. The first-order valence-corrected chi connectivity index (χ1v) is 3.81. The molecule has 2 atom stereocenters. The molecule has 3 heteroatoms. The van der Waals surface area contributed by atoms with Gasteiger partial charge in [-0.05, 0) is 13.0 Å². The molecule has 0 bridgehead atoms. The molecule has 2 unspecified atom stereocenters. The van der Waals surface area contributed by atoms with E-state index in [2.05, 4.69) is 0 Å². The fourth-order valence-corrected chi connectivity index (χ4v) is 0.998. The molecule has 12 heavy (non-hydrogen) atoms. The maximum absolute atomic E-state index is 13.0. The summed E-state index contributed by atoms with van der Waals surface area (Å²) in [4.78, 5) is 0. The normalized spacial score (nSPS) is 15.7. The van der Waals surface area contributed by atoms with Gasteiger partial charge in [0.2, 0.25) is 0 Å². The summed E-state index contributed by atoms with van der Waals surface area (Å²) >= 11 is 0. The van der Waals surface area contributed by atoms with E-state index in [1.807, 2.05) is 0 Å². The van der Waals surface area contributed by atoms with Crippen LogP contribution in [0.5, 0.6) is 0 Å². The van der Waals surface area contributed by atoms with Gasteiger partial charge in [-0.3, -0.25) is 0 Å². The standard InChI is InChI=1S/C9H12FNO/c1-6(11)9(12)7-4-2-3-5-8(7)10/h2-6,9,12H,11H2,1H3. The molecule has 1 aromatic carbocycles. The lowest BCUT2D eigenvalue weighted by molar-refractivity contribution is 0.149. The van der Waals surface area contributed by atoms with Gasteiger partial charge in [0.05, 0.1) is 6.10 Å². The highest BCUT2D eigenvalue weighted by Crippen LogP contribution is 2.18. The van der Waals surface area contributed by atoms with E-state index in [0.29, 0.717) is 0 Å². The van der Waals surface area contributed by atoms with E-state index in [4.69, 9.17) is 5.73 Å². The van der Waals surface area contributed by atoms with Crippen molar-refractivity contribution in [2.45, 2.75) is 19.1 Å². The van der Waals surface area contributed by atoms with E-state index in [-0.39, 0.29) is 5.56 Å². The molecule has 0 aliphatic rings. The van der Waals surface area contributed by atoms with E-state index >= 15 is 0 Å². The minimum atomic E-state index is -0.925. The lowest BCUT2D eigenvalue weighted by Crippen LogP contribution is -2.25. The van der Waals surface area contributed by atoms with Gasteiger partial charge in [-0.15, -0.1) is 0 Å². The Morgan fingerprint density at radius 2 is 2.00 bits per heavy atom. The molecule has 1 aromatic rings. The van der Waals surface area contributed by atoms with Gasteiger partial charge in [0.15, 0.2) is 0 Å². The minimum Gasteiger partial charge on any atom is -0.387 e. The Morgan fingerprint density at radius 3 is 2.50 bits per heavy atom. The van der Waals surface area contributed by atoms with Crippen molar-refractivity contribution < 1.29 is 9.50 Å². The van der Waals surface area contributed by atoms with Gasteiger partial charge >= 0.3 is 0 Å². The fraction of sp³-hybridized carbons (Fsp3) is 0.333. The highest BCUT2D eigenvalue weighted by molar-refractivity contribution is 5.20. The largest absolute Gasteiger partial charge is 0.387 e. The van der Waals surface area contributed by atoms with Gasteiger partial charge in [0, 0.05) is 11.6 Å². The van der Waals surface area contributed by atoms with Gasteiger partial charge in [-0.1, -0.05) is 18.2 Å². The lowest BCUT2D eigenvalue weighted by atomic mass is 10.0. The molecule has 0 aliphatic carbocycles. The molecule has 0 heterocycles. The molecule has 0 amide bonds. The van der Waals surface area contributed by atoms with E-state index in [0.717, 1.165) is 0 Å². The van der Waals surface area contributed by atoms with Crippen molar-refractivity contribution >= 4 is 0 Å². The summed E-state index contributed by atoms with van der Waals surface area (Å²) in [5, 5.41) is 9.41. The van der Waals surface area contributed by atoms with Gasteiger partial charge < -0.3 is 10.8 Å². The number of hydrogen-bond donors (Lipinski definition) is 2. The zero-order valence-electron chi connectivity index (χ0n) is 6.87. The summed E-state index contributed by atoms with van der Waals surface area (Å²) in [5.41, 5.74) is 5.68. The van der Waals surface area contributed by atoms with Crippen LogP contribution in [0.15, 0.2) is 24.3 Å². The Kier molecular flexibility index (Phi) is 2.78. The number of nitrogens with two attached hydrogens (primary N) is 1. The maximum atomic E-state index is 13.0. The van der Waals surface area contributed by atoms with Crippen molar-refractivity contribution in [2.75, 3.05) is 0 Å². The minimum absolute atomic E-state index is 0.257. The highest BCUT2D eigenvalue weighted by atomic mass is 19.1. The number of halogens is 1. The number of hydrogen-bond acceptors (Lipinski definition) is 2. The van der Waals surface area contributed by atoms with E-state index in [1.54, 1.807) is 19.1 Å². The topological polar surface area (TPSA) is 46.2 Å². The summed E-state index contributed by atoms with van der Waals surface area (Å²) in [7, 11) is 0. The summed E-state index contributed by atoms with van der Waals surface area (Å²) in [6, 6.07) is 5.63. The second-order valence-electron chi connectivity index (χ2n) is 2.83. The molecular formula is C9H12FNO. The molecular weight excluding hydrogens is 157 g/mol. The number of aliphatic hydroxyl groups is 1. The molecule has 0 saturated carbocycles. The molecule has 1 rings (SSSR count). The zero-order valence-corrected chi connectivity index (χ0v) is 6.87. The maximum Gasteiger partial charge on any atom is 0.129 e. The predicted molar refractivity (Wildman–Crippen MR) is 45.0 cm³/mol. The average molecular weight is 169 g/mol. The first-order chi connectivity index (χ1) is 5.63. The molecule has 0 spiro atoms. The smallest absolute Gasteiger partial charge is 0.129 e. The van der Waals surface area contributed by atoms with Crippen LogP contribution in [0.25, 0.3) is 0 Å². The highest BCUT2D eigenvalue weighted by Gasteiger charge is 2.15. The molecule has 3 N–H and O–H groups in total. The monoisotopic (exact) mass is 169 g/mol. The van der Waals surface area contributed by atoms with Crippen molar-refractivity contribution in [3.8, 4) is 0 Å². The Hall–Kier alpha value is -0.930. The second kappa shape index (κ2) is 3.65. The Bertz CT molecular complexity index is 262. The fourth-order valence-electron chi connectivity index (χ4n) is 0.998. The molecule has 0 saturated heterocycles. The van der Waals surface area contributed by atoms with Crippen LogP contribution < -0.4 is 5.73 Å². The third kappa shape index (κ3) is 1.81. The van der Waals surface area contributed by atoms with Crippen molar-refractivity contribution in [3.05, 3.63) is 35.6 Å². The quantitative estimate of drug-likeness (QED) is 0.699. The molecule has 0 aromatic heterocycles. The van der Waals surface area contributed by atoms with Crippen LogP contribution >= 0.6 is 0 Å². The second-order valence-corrected chi connectivity index (χ2v) is 2.83. The van der Waals surface area contributed by atoms with Crippen LogP contribution in [0.4, 0.5) is 4.39 Å². The molecule has 66 valence electrons. The van der Waals surface area contributed by atoms with Gasteiger partial charge in [-0.2, -0.15) is 0 Å². The van der Waals surface area contributed by atoms with Crippen molar-refractivity contribution in [3.63, 3.8) is 0 Å². The van der Waals surface area contributed by atoms with Crippen molar-refractivity contribution in [1.29, 1.82) is 0 Å². The number of benzene rings is 1. The SMILES string of the molecule is CC(N)C(O)c1ccccc1F. The zero-order chi connectivity index (χ0) is 9.14. The van der Waals surface area contributed by atoms with Gasteiger partial charge in [-0.25, -0.2) is 4.39 Å². The molecule has 0 aliphatic heterocycles. The molecule has 0 fully saturated rings. The van der Waals surface area contributed by atoms with Crippen LogP contribution in [-0.2, 0) is 0 Å². The summed E-state index contributed by atoms with van der Waals surface area (Å²) < 4.78 is 13.0. The third-order valence-electron chi connectivity index (χ3n) is 1.72. The first-order valence-electron chi connectivity index (χ1n) is 3.81. The van der Waals surface area contributed by atoms with Gasteiger partial charge in [0.1, 0.15) is 5.82 Å². The molecule has 0 radical (unpaired) electrons. The summed E-state index contributed by atoms with van der Waals surface area (Å²) in [6.45, 7) is 1.64. The Balaban J connectivity index is 2.94. The van der Waals surface area contributed by atoms with Crippen LogP contribution in [0.1, 0.15) is 18.6 Å². The average Bonchev–Trinajstić information content (AvgIpc) is 2.04. The predicted octanol–water partition coefficient (Wildman–Crippen LogP) is 1.21. The van der Waals surface area contributed by atoms with Gasteiger partial charge in [0.25, 0.3) is 0 Å². The van der Waals surface area contributed by atoms with Crippen LogP contribution in [0.2, 0.25) is 0 Å². The summed E-state index contributed by atoms with van der Waals surface area (Å²) in [5.74, 6) is -0.415.